The van der Waals surface area contributed by atoms with Crippen molar-refractivity contribution in [2.45, 2.75) is 25.3 Å². The van der Waals surface area contributed by atoms with Crippen molar-refractivity contribution >= 4 is 23.3 Å². The SMILES string of the molecule is Cl.c1ccc(-c2cc(CCN3CCC(N4CCOCC4)CC3)c3ccccc3n2)cc1. The zero-order valence-corrected chi connectivity index (χ0v) is 18.9. The molecular weight excluding hydrogens is 406 g/mol. The molecule has 5 rings (SSSR count). The first kappa shape index (κ1) is 22.2. The van der Waals surface area contributed by atoms with Gasteiger partial charge >= 0.3 is 0 Å². The minimum atomic E-state index is 0. The summed E-state index contributed by atoms with van der Waals surface area (Å²) in [6.07, 6.45) is 3.64. The highest BCUT2D eigenvalue weighted by Gasteiger charge is 2.25. The fourth-order valence-electron chi connectivity index (χ4n) is 4.94. The van der Waals surface area contributed by atoms with Crippen LogP contribution in [0.4, 0.5) is 0 Å². The highest BCUT2D eigenvalue weighted by atomic mass is 35.5. The Morgan fingerprint density at radius 2 is 1.58 bits per heavy atom. The van der Waals surface area contributed by atoms with Crippen LogP contribution in [0.5, 0.6) is 0 Å². The van der Waals surface area contributed by atoms with Crippen LogP contribution in [0.1, 0.15) is 18.4 Å². The number of rotatable bonds is 5. The highest BCUT2D eigenvalue weighted by Crippen LogP contribution is 2.26. The van der Waals surface area contributed by atoms with Crippen LogP contribution in [0.3, 0.4) is 0 Å². The van der Waals surface area contributed by atoms with Crippen molar-refractivity contribution in [1.29, 1.82) is 0 Å². The molecule has 2 aliphatic rings. The van der Waals surface area contributed by atoms with Gasteiger partial charge in [-0.25, -0.2) is 4.98 Å². The summed E-state index contributed by atoms with van der Waals surface area (Å²) in [7, 11) is 0. The Morgan fingerprint density at radius 3 is 2.35 bits per heavy atom. The number of piperidine rings is 1. The minimum Gasteiger partial charge on any atom is -0.379 e. The molecule has 3 aromatic rings. The van der Waals surface area contributed by atoms with Crippen molar-refractivity contribution in [3.63, 3.8) is 0 Å². The van der Waals surface area contributed by atoms with E-state index >= 15 is 0 Å². The predicted octanol–water partition coefficient (Wildman–Crippen LogP) is 4.66. The fourth-order valence-corrected chi connectivity index (χ4v) is 4.94. The lowest BCUT2D eigenvalue weighted by molar-refractivity contribution is 0.00102. The van der Waals surface area contributed by atoms with Gasteiger partial charge in [0.25, 0.3) is 0 Å². The molecule has 0 amide bonds. The van der Waals surface area contributed by atoms with Crippen molar-refractivity contribution in [3.8, 4) is 11.3 Å². The molecule has 0 saturated carbocycles. The summed E-state index contributed by atoms with van der Waals surface area (Å²) in [5.41, 5.74) is 4.78. The van der Waals surface area contributed by atoms with E-state index in [2.05, 4.69) is 70.5 Å². The van der Waals surface area contributed by atoms with Gasteiger partial charge in [0, 0.05) is 36.6 Å². The van der Waals surface area contributed by atoms with Crippen LogP contribution in [0.25, 0.3) is 22.2 Å². The fraction of sp³-hybridized carbons (Fsp3) is 0.423. The van der Waals surface area contributed by atoms with E-state index in [1.54, 1.807) is 0 Å². The minimum absolute atomic E-state index is 0. The Labute approximate surface area is 191 Å². The summed E-state index contributed by atoms with van der Waals surface area (Å²) < 4.78 is 5.52. The Morgan fingerprint density at radius 1 is 0.871 bits per heavy atom. The number of nitrogens with zero attached hydrogens (tertiary/aromatic N) is 3. The number of benzene rings is 2. The molecule has 0 unspecified atom stereocenters. The van der Waals surface area contributed by atoms with E-state index < -0.39 is 0 Å². The Balaban J connectivity index is 0.00000231. The lowest BCUT2D eigenvalue weighted by atomic mass is 10.00. The van der Waals surface area contributed by atoms with Crippen molar-refractivity contribution in [1.82, 2.24) is 14.8 Å². The van der Waals surface area contributed by atoms with Crippen LogP contribution >= 0.6 is 12.4 Å². The largest absolute Gasteiger partial charge is 0.379 e. The molecule has 164 valence electrons. The Kier molecular flexibility index (Phi) is 7.57. The second-order valence-electron chi connectivity index (χ2n) is 8.52. The van der Waals surface area contributed by atoms with Gasteiger partial charge in [-0.1, -0.05) is 48.5 Å². The van der Waals surface area contributed by atoms with E-state index in [1.165, 1.54) is 42.4 Å². The third-order valence-electron chi connectivity index (χ3n) is 6.69. The highest BCUT2D eigenvalue weighted by molar-refractivity contribution is 5.85. The van der Waals surface area contributed by atoms with Gasteiger partial charge in [-0.05, 0) is 50.0 Å². The molecule has 31 heavy (non-hydrogen) atoms. The maximum absolute atomic E-state index is 5.52. The third kappa shape index (κ3) is 5.27. The summed E-state index contributed by atoms with van der Waals surface area (Å²) in [5.74, 6) is 0. The molecule has 0 atom stereocenters. The van der Waals surface area contributed by atoms with Gasteiger partial charge in [0.2, 0.25) is 0 Å². The molecule has 5 heteroatoms. The monoisotopic (exact) mass is 437 g/mol. The molecule has 2 saturated heterocycles. The second kappa shape index (κ2) is 10.6. The third-order valence-corrected chi connectivity index (χ3v) is 6.69. The van der Waals surface area contributed by atoms with Gasteiger partial charge in [-0.3, -0.25) is 4.90 Å². The first-order valence-corrected chi connectivity index (χ1v) is 11.3. The van der Waals surface area contributed by atoms with E-state index in [0.717, 1.165) is 56.5 Å². The maximum atomic E-state index is 5.52. The standard InChI is InChI=1S/C26H31N3O.ClH/c1-2-6-21(7-3-1)26-20-22(24-8-4-5-9-25(24)27-26)10-13-28-14-11-23(12-15-28)29-16-18-30-19-17-29;/h1-9,20,23H,10-19H2;1H. The number of pyridine rings is 1. The average molecular weight is 438 g/mol. The van der Waals surface area contributed by atoms with Crippen LogP contribution in [-0.4, -0.2) is 66.8 Å². The average Bonchev–Trinajstić information content (AvgIpc) is 2.84. The second-order valence-corrected chi connectivity index (χ2v) is 8.52. The van der Waals surface area contributed by atoms with Crippen LogP contribution in [0, 0.1) is 0 Å². The molecule has 0 spiro atoms. The van der Waals surface area contributed by atoms with E-state index in [4.69, 9.17) is 9.72 Å². The lowest BCUT2D eigenvalue weighted by Gasteiger charge is -2.40. The number of fused-ring (bicyclic) bond motifs is 1. The number of likely N-dealkylation sites (tertiary alicyclic amines) is 1. The van der Waals surface area contributed by atoms with Gasteiger partial charge < -0.3 is 9.64 Å². The van der Waals surface area contributed by atoms with Gasteiger partial charge in [0.1, 0.15) is 0 Å². The molecular formula is C26H32ClN3O. The van der Waals surface area contributed by atoms with E-state index in [0.29, 0.717) is 0 Å². The molecule has 0 N–H and O–H groups in total. The van der Waals surface area contributed by atoms with Crippen LogP contribution in [0.2, 0.25) is 0 Å². The zero-order valence-electron chi connectivity index (χ0n) is 18.1. The van der Waals surface area contributed by atoms with Crippen molar-refractivity contribution < 1.29 is 4.74 Å². The molecule has 0 aliphatic carbocycles. The molecule has 4 nitrogen and oxygen atoms in total. The number of aromatic nitrogens is 1. The molecule has 0 bridgehead atoms. The Hall–Kier alpha value is -1.98. The summed E-state index contributed by atoms with van der Waals surface area (Å²) in [6, 6.07) is 22.2. The molecule has 1 aromatic heterocycles. The molecule has 2 aromatic carbocycles. The molecule has 2 fully saturated rings. The van der Waals surface area contributed by atoms with Crippen molar-refractivity contribution in [3.05, 3.63) is 66.2 Å². The van der Waals surface area contributed by atoms with Crippen molar-refractivity contribution in [2.24, 2.45) is 0 Å². The summed E-state index contributed by atoms with van der Waals surface area (Å²) in [6.45, 7) is 7.55. The maximum Gasteiger partial charge on any atom is 0.0712 e. The molecule has 3 heterocycles. The topological polar surface area (TPSA) is 28.6 Å². The van der Waals surface area contributed by atoms with E-state index in [9.17, 15) is 0 Å². The van der Waals surface area contributed by atoms with E-state index in [-0.39, 0.29) is 12.4 Å². The number of hydrogen-bond donors (Lipinski definition) is 0. The van der Waals surface area contributed by atoms with Gasteiger partial charge in [0.05, 0.1) is 24.4 Å². The number of halogens is 1. The Bertz CT molecular complexity index is 967. The summed E-state index contributed by atoms with van der Waals surface area (Å²) in [4.78, 5) is 10.2. The summed E-state index contributed by atoms with van der Waals surface area (Å²) >= 11 is 0. The number of ether oxygens (including phenoxy) is 1. The molecule has 0 radical (unpaired) electrons. The van der Waals surface area contributed by atoms with Crippen LogP contribution < -0.4 is 0 Å². The quantitative estimate of drug-likeness (QED) is 0.580. The first-order valence-electron chi connectivity index (χ1n) is 11.3. The lowest BCUT2D eigenvalue weighted by Crippen LogP contribution is -2.49. The van der Waals surface area contributed by atoms with Gasteiger partial charge in [-0.15, -0.1) is 12.4 Å². The van der Waals surface area contributed by atoms with Crippen LogP contribution in [-0.2, 0) is 11.2 Å². The smallest absolute Gasteiger partial charge is 0.0712 e. The first-order chi connectivity index (χ1) is 14.9. The molecule has 2 aliphatic heterocycles. The van der Waals surface area contributed by atoms with Gasteiger partial charge in [0.15, 0.2) is 0 Å². The zero-order chi connectivity index (χ0) is 20.2. The van der Waals surface area contributed by atoms with Gasteiger partial charge in [-0.2, -0.15) is 0 Å². The normalized spacial score (nSPS) is 18.7. The number of morpholine rings is 1. The van der Waals surface area contributed by atoms with E-state index in [1.807, 2.05) is 0 Å². The predicted molar refractivity (Wildman–Crippen MR) is 130 cm³/mol. The van der Waals surface area contributed by atoms with Crippen molar-refractivity contribution in [2.75, 3.05) is 45.9 Å². The number of para-hydroxylation sites is 1. The number of hydrogen-bond acceptors (Lipinski definition) is 4. The van der Waals surface area contributed by atoms with Crippen LogP contribution in [0.15, 0.2) is 60.7 Å². The summed E-state index contributed by atoms with van der Waals surface area (Å²) in [5, 5.41) is 1.29.